The summed E-state index contributed by atoms with van der Waals surface area (Å²) >= 11 is 0. The highest BCUT2D eigenvalue weighted by molar-refractivity contribution is 5.91. The monoisotopic (exact) mass is 374 g/mol. The van der Waals surface area contributed by atoms with E-state index < -0.39 is 6.10 Å². The molecule has 1 heterocycles. The second kappa shape index (κ2) is 7.33. The number of ether oxygens (including phenoxy) is 3. The Bertz CT molecular complexity index is 744. The van der Waals surface area contributed by atoms with E-state index in [-0.39, 0.29) is 48.4 Å². The average molecular weight is 374 g/mol. The Kier molecular flexibility index (Phi) is 5.27. The number of carbonyl (C=O) groups is 3. The topological polar surface area (TPSA) is 78.9 Å². The van der Waals surface area contributed by atoms with Crippen molar-refractivity contribution in [3.05, 3.63) is 35.5 Å². The summed E-state index contributed by atoms with van der Waals surface area (Å²) in [4.78, 5) is 35.5. The van der Waals surface area contributed by atoms with Crippen LogP contribution >= 0.6 is 0 Å². The highest BCUT2D eigenvalue weighted by Gasteiger charge is 2.51. The van der Waals surface area contributed by atoms with Gasteiger partial charge in [0.05, 0.1) is 5.92 Å². The Morgan fingerprint density at radius 3 is 2.63 bits per heavy atom. The zero-order valence-electron chi connectivity index (χ0n) is 16.1. The van der Waals surface area contributed by atoms with Crippen molar-refractivity contribution in [3.63, 3.8) is 0 Å². The molecule has 0 aromatic heterocycles. The van der Waals surface area contributed by atoms with Crippen LogP contribution in [-0.4, -0.2) is 36.7 Å². The van der Waals surface area contributed by atoms with Crippen molar-refractivity contribution in [2.24, 2.45) is 17.8 Å². The first kappa shape index (κ1) is 19.4. The molecule has 0 aromatic carbocycles. The van der Waals surface area contributed by atoms with Gasteiger partial charge in [0.15, 0.2) is 0 Å². The van der Waals surface area contributed by atoms with Gasteiger partial charge in [0.1, 0.15) is 18.8 Å². The maximum absolute atomic E-state index is 12.1. The van der Waals surface area contributed by atoms with E-state index >= 15 is 0 Å². The van der Waals surface area contributed by atoms with Crippen molar-refractivity contribution >= 4 is 17.9 Å². The van der Waals surface area contributed by atoms with Crippen LogP contribution in [-0.2, 0) is 28.6 Å². The van der Waals surface area contributed by atoms with Crippen LogP contribution in [0.3, 0.4) is 0 Å². The Hall–Kier alpha value is -2.37. The molecular formula is C21H26O6. The van der Waals surface area contributed by atoms with Crippen LogP contribution in [0, 0.1) is 17.8 Å². The predicted molar refractivity (Wildman–Crippen MR) is 97.4 cm³/mol. The first-order valence-corrected chi connectivity index (χ1v) is 9.33. The summed E-state index contributed by atoms with van der Waals surface area (Å²) in [5.74, 6) is -1.60. The van der Waals surface area contributed by atoms with Gasteiger partial charge < -0.3 is 14.2 Å². The number of hydrogen-bond donors (Lipinski definition) is 0. The number of carbonyl (C=O) groups excluding carboxylic acids is 3. The van der Waals surface area contributed by atoms with Gasteiger partial charge >= 0.3 is 17.9 Å². The number of fused-ring (bicyclic) bond motifs is 3. The minimum Gasteiger partial charge on any atom is -0.461 e. The maximum Gasteiger partial charge on any atom is 0.334 e. The summed E-state index contributed by atoms with van der Waals surface area (Å²) in [6.07, 6.45) is 1.03. The quantitative estimate of drug-likeness (QED) is 0.326. The van der Waals surface area contributed by atoms with Crippen molar-refractivity contribution < 1.29 is 28.6 Å². The fraction of sp³-hybridized carbons (Fsp3) is 0.571. The molecule has 0 N–H and O–H groups in total. The van der Waals surface area contributed by atoms with Crippen molar-refractivity contribution in [1.29, 1.82) is 0 Å². The van der Waals surface area contributed by atoms with E-state index in [1.54, 1.807) is 13.8 Å². The number of hydrogen-bond acceptors (Lipinski definition) is 6. The lowest BCUT2D eigenvalue weighted by molar-refractivity contribution is -0.151. The summed E-state index contributed by atoms with van der Waals surface area (Å²) in [5, 5.41) is 0. The first-order chi connectivity index (χ1) is 12.7. The Balaban J connectivity index is 1.94. The van der Waals surface area contributed by atoms with E-state index in [2.05, 4.69) is 13.2 Å². The van der Waals surface area contributed by atoms with Crippen molar-refractivity contribution in [2.75, 3.05) is 6.61 Å². The molecule has 6 heteroatoms. The van der Waals surface area contributed by atoms with Crippen LogP contribution in [0.4, 0.5) is 0 Å². The molecule has 4 unspecified atom stereocenters. The third-order valence-electron chi connectivity index (χ3n) is 5.66. The van der Waals surface area contributed by atoms with Crippen molar-refractivity contribution in [1.82, 2.24) is 0 Å². The molecule has 0 amide bonds. The Morgan fingerprint density at radius 1 is 1.30 bits per heavy atom. The van der Waals surface area contributed by atoms with Gasteiger partial charge in [-0.25, -0.2) is 4.79 Å². The van der Waals surface area contributed by atoms with Gasteiger partial charge in [0.2, 0.25) is 0 Å². The molecule has 6 nitrogen and oxygen atoms in total. The Labute approximate surface area is 159 Å². The van der Waals surface area contributed by atoms with E-state index in [1.807, 2.05) is 0 Å². The largest absolute Gasteiger partial charge is 0.461 e. The van der Waals surface area contributed by atoms with Gasteiger partial charge in [-0.15, -0.1) is 0 Å². The molecule has 146 valence electrons. The summed E-state index contributed by atoms with van der Waals surface area (Å²) in [6.45, 7) is 13.2. The third kappa shape index (κ3) is 3.57. The van der Waals surface area contributed by atoms with E-state index in [0.29, 0.717) is 24.8 Å². The molecular weight excluding hydrogens is 348 g/mol. The molecule has 0 bridgehead atoms. The zero-order valence-corrected chi connectivity index (χ0v) is 16.1. The summed E-state index contributed by atoms with van der Waals surface area (Å²) in [7, 11) is 0. The molecule has 2 aliphatic carbocycles. The van der Waals surface area contributed by atoms with Crippen LogP contribution < -0.4 is 0 Å². The fourth-order valence-corrected chi connectivity index (χ4v) is 4.16. The first-order valence-electron chi connectivity index (χ1n) is 9.33. The average Bonchev–Trinajstić information content (AvgIpc) is 2.99. The van der Waals surface area contributed by atoms with Crippen LogP contribution in [0.15, 0.2) is 35.5 Å². The minimum absolute atomic E-state index is 0.108. The van der Waals surface area contributed by atoms with Gasteiger partial charge in [0.25, 0.3) is 0 Å². The zero-order chi connectivity index (χ0) is 19.9. The van der Waals surface area contributed by atoms with E-state index in [4.69, 9.17) is 14.2 Å². The molecule has 1 saturated heterocycles. The van der Waals surface area contributed by atoms with Crippen LogP contribution in [0.2, 0.25) is 0 Å². The fourth-order valence-electron chi connectivity index (χ4n) is 4.16. The summed E-state index contributed by atoms with van der Waals surface area (Å²) in [5.41, 5.74) is 3.22. The third-order valence-corrected chi connectivity index (χ3v) is 5.66. The maximum atomic E-state index is 12.1. The predicted octanol–water partition coefficient (Wildman–Crippen LogP) is 2.88. The molecule has 0 radical (unpaired) electrons. The minimum atomic E-state index is -0.460. The summed E-state index contributed by atoms with van der Waals surface area (Å²) in [6, 6.07) is 0. The number of rotatable bonds is 4. The standard InChI is InChI=1S/C21H26O6/c1-10(2)20(23)26-17-8-16-14(9-25-13(5)22)6-7-15-11(3)21(24)27-19(15)18(16)12(17)4/h10,15,17-19H,3-4,6-9H2,1-2,5H3. The van der Waals surface area contributed by atoms with Gasteiger partial charge in [-0.3, -0.25) is 9.59 Å². The van der Waals surface area contributed by atoms with E-state index in [9.17, 15) is 14.4 Å². The summed E-state index contributed by atoms with van der Waals surface area (Å²) < 4.78 is 16.5. The van der Waals surface area contributed by atoms with Gasteiger partial charge in [-0.1, -0.05) is 32.6 Å². The normalized spacial score (nSPS) is 30.0. The second-order valence-corrected chi connectivity index (χ2v) is 7.79. The molecule has 3 aliphatic rings. The molecule has 1 aliphatic heterocycles. The van der Waals surface area contributed by atoms with Gasteiger partial charge in [-0.05, 0) is 24.0 Å². The van der Waals surface area contributed by atoms with Crippen molar-refractivity contribution in [3.8, 4) is 0 Å². The SMILES string of the molecule is C=C1C(=O)OC2C1CCC(COC(C)=O)=C1CC(OC(=O)C(C)C)C(=C)C12. The lowest BCUT2D eigenvalue weighted by atomic mass is 9.84. The molecule has 0 spiro atoms. The van der Waals surface area contributed by atoms with Gasteiger partial charge in [0, 0.05) is 30.8 Å². The van der Waals surface area contributed by atoms with E-state index in [1.165, 1.54) is 6.92 Å². The lowest BCUT2D eigenvalue weighted by Gasteiger charge is -2.24. The highest BCUT2D eigenvalue weighted by Crippen LogP contribution is 2.50. The van der Waals surface area contributed by atoms with Crippen LogP contribution in [0.25, 0.3) is 0 Å². The van der Waals surface area contributed by atoms with Gasteiger partial charge in [-0.2, -0.15) is 0 Å². The smallest absolute Gasteiger partial charge is 0.334 e. The lowest BCUT2D eigenvalue weighted by Crippen LogP contribution is -2.28. The molecule has 1 saturated carbocycles. The molecule has 3 rings (SSSR count). The second-order valence-electron chi connectivity index (χ2n) is 7.79. The van der Waals surface area contributed by atoms with Crippen molar-refractivity contribution in [2.45, 2.75) is 52.2 Å². The van der Waals surface area contributed by atoms with E-state index in [0.717, 1.165) is 16.7 Å². The molecule has 2 fully saturated rings. The molecule has 4 atom stereocenters. The van der Waals surface area contributed by atoms with Crippen LogP contribution in [0.5, 0.6) is 0 Å². The Morgan fingerprint density at radius 2 is 2.00 bits per heavy atom. The molecule has 27 heavy (non-hydrogen) atoms. The number of esters is 3. The highest BCUT2D eigenvalue weighted by atomic mass is 16.6. The van der Waals surface area contributed by atoms with Crippen LogP contribution in [0.1, 0.15) is 40.0 Å². The molecule has 0 aromatic rings.